The number of carbonyl (C=O) groups is 3. The molecule has 0 saturated carbocycles. The predicted molar refractivity (Wildman–Crippen MR) is 243 cm³/mol. The summed E-state index contributed by atoms with van der Waals surface area (Å²) < 4.78 is 50.0. The van der Waals surface area contributed by atoms with Gasteiger partial charge in [-0.25, -0.2) is 14.2 Å². The van der Waals surface area contributed by atoms with E-state index in [-0.39, 0.29) is 63.3 Å². The molecule has 2 atom stereocenters. The van der Waals surface area contributed by atoms with Crippen LogP contribution in [0, 0.1) is 5.92 Å². The third-order valence-corrected chi connectivity index (χ3v) is 11.0. The molecule has 2 amide bonds. The van der Waals surface area contributed by atoms with Crippen molar-refractivity contribution in [3.63, 3.8) is 0 Å². The number of phosphoric acid groups is 1. The van der Waals surface area contributed by atoms with Crippen molar-refractivity contribution < 1.29 is 46.7 Å². The minimum Gasteiger partial charge on any atom is -0.485 e. The maximum absolute atomic E-state index is 14.5. The van der Waals surface area contributed by atoms with Crippen LogP contribution < -0.4 is 19.9 Å². The zero-order chi connectivity index (χ0) is 45.0. The van der Waals surface area contributed by atoms with E-state index < -0.39 is 37.9 Å². The quantitative estimate of drug-likeness (QED) is 0.0471. The van der Waals surface area contributed by atoms with Gasteiger partial charge < -0.3 is 29.4 Å². The molecular formula is C51H53N2O10P. The molecule has 6 aromatic carbocycles. The third kappa shape index (κ3) is 15.6. The average Bonchev–Trinajstić information content (AvgIpc) is 3.32. The number of rotatable bonds is 23. The van der Waals surface area contributed by atoms with Gasteiger partial charge in [0.25, 0.3) is 0 Å². The van der Waals surface area contributed by atoms with Gasteiger partial charge in [0.05, 0.1) is 13.2 Å². The molecule has 0 heterocycles. The number of hydrogen-bond acceptors (Lipinski definition) is 10. The Kier molecular flexibility index (Phi) is 17.7. The molecule has 0 spiro atoms. The van der Waals surface area contributed by atoms with Gasteiger partial charge in [0.1, 0.15) is 31.9 Å². The second-order valence-electron chi connectivity index (χ2n) is 15.4. The molecule has 0 aliphatic rings. The Hall–Kier alpha value is -6.72. The van der Waals surface area contributed by atoms with E-state index in [0.717, 1.165) is 27.8 Å². The summed E-state index contributed by atoms with van der Waals surface area (Å²) in [6.07, 6.45) is -0.567. The fraction of sp³-hybridized carbons (Fsp3) is 0.235. The van der Waals surface area contributed by atoms with Crippen molar-refractivity contribution in [1.29, 1.82) is 0 Å². The van der Waals surface area contributed by atoms with Gasteiger partial charge >= 0.3 is 19.9 Å². The standard InChI is InChI=1S/C51H53N2O10P/c1-38(2)30-45(53-51(56)60-35-41-22-12-5-13-23-41)49(54)52-46(50(55)59-34-40-20-10-4-11-21-40)31-44-28-29-47(48(32-44)58-33-39-18-8-3-9-19-39)63-64(57,61-36-42-24-14-6-15-25-42)62-37-43-26-16-7-17-27-43/h3-29,32,38,45-46H,30-31,33-37H2,1-2H3,(H,52,54)(H,53,56)/t45-,46-/m0/s1. The molecule has 332 valence electrons. The number of phosphoric ester groups is 1. The van der Waals surface area contributed by atoms with Gasteiger partial charge in [-0.3, -0.25) is 13.8 Å². The Bertz CT molecular complexity index is 2360. The van der Waals surface area contributed by atoms with Crippen LogP contribution in [0.4, 0.5) is 4.79 Å². The zero-order valence-electron chi connectivity index (χ0n) is 35.9. The third-order valence-electron chi connectivity index (χ3n) is 9.71. The van der Waals surface area contributed by atoms with Crippen molar-refractivity contribution in [2.45, 2.75) is 71.8 Å². The number of amides is 2. The summed E-state index contributed by atoms with van der Waals surface area (Å²) in [5, 5.41) is 5.52. The number of nitrogens with one attached hydrogen (secondary N) is 2. The number of esters is 1. The van der Waals surface area contributed by atoms with Crippen LogP contribution in [0.25, 0.3) is 0 Å². The van der Waals surface area contributed by atoms with Gasteiger partial charge in [0.2, 0.25) is 5.91 Å². The van der Waals surface area contributed by atoms with Gasteiger partial charge in [-0.2, -0.15) is 0 Å². The van der Waals surface area contributed by atoms with E-state index in [1.807, 2.05) is 166 Å². The molecule has 0 saturated heterocycles. The Morgan fingerprint density at radius 3 is 1.44 bits per heavy atom. The highest BCUT2D eigenvalue weighted by atomic mass is 31.2. The van der Waals surface area contributed by atoms with E-state index >= 15 is 0 Å². The minimum atomic E-state index is -4.32. The smallest absolute Gasteiger partial charge is 0.485 e. The molecule has 6 rings (SSSR count). The summed E-state index contributed by atoms with van der Waals surface area (Å²) in [5.74, 6) is -1.06. The molecule has 2 N–H and O–H groups in total. The van der Waals surface area contributed by atoms with Crippen molar-refractivity contribution in [3.05, 3.63) is 203 Å². The molecular weight excluding hydrogens is 832 g/mol. The zero-order valence-corrected chi connectivity index (χ0v) is 36.8. The molecule has 13 heteroatoms. The summed E-state index contributed by atoms with van der Waals surface area (Å²) >= 11 is 0. The van der Waals surface area contributed by atoms with Crippen LogP contribution >= 0.6 is 7.82 Å². The molecule has 0 aliphatic carbocycles. The van der Waals surface area contributed by atoms with Crippen molar-refractivity contribution in [1.82, 2.24) is 10.6 Å². The molecule has 64 heavy (non-hydrogen) atoms. The first-order chi connectivity index (χ1) is 31.1. The van der Waals surface area contributed by atoms with Gasteiger partial charge in [-0.15, -0.1) is 0 Å². The maximum atomic E-state index is 14.5. The van der Waals surface area contributed by atoms with Crippen LogP contribution in [0.1, 0.15) is 53.6 Å². The highest BCUT2D eigenvalue weighted by Crippen LogP contribution is 2.53. The van der Waals surface area contributed by atoms with E-state index in [2.05, 4.69) is 10.6 Å². The lowest BCUT2D eigenvalue weighted by molar-refractivity contribution is -0.149. The van der Waals surface area contributed by atoms with E-state index in [1.54, 1.807) is 18.2 Å². The number of carbonyl (C=O) groups excluding carboxylic acids is 3. The molecule has 12 nitrogen and oxygen atoms in total. The Morgan fingerprint density at radius 1 is 0.500 bits per heavy atom. The first kappa shape index (κ1) is 46.8. The van der Waals surface area contributed by atoms with Crippen molar-refractivity contribution >= 4 is 25.8 Å². The number of ether oxygens (including phenoxy) is 3. The summed E-state index contributed by atoms with van der Waals surface area (Å²) in [7, 11) is -4.32. The van der Waals surface area contributed by atoms with E-state index in [4.69, 9.17) is 27.8 Å². The molecule has 0 aliphatic heterocycles. The normalized spacial score (nSPS) is 12.1. The molecule has 0 fully saturated rings. The molecule has 0 unspecified atom stereocenters. The minimum absolute atomic E-state index is 0.00478. The van der Waals surface area contributed by atoms with Gasteiger partial charge in [0.15, 0.2) is 11.5 Å². The number of benzene rings is 6. The average molecular weight is 885 g/mol. The lowest BCUT2D eigenvalue weighted by atomic mass is 10.0. The van der Waals surface area contributed by atoms with Crippen LogP contribution in [0.15, 0.2) is 170 Å². The van der Waals surface area contributed by atoms with Gasteiger partial charge in [-0.1, -0.05) is 172 Å². The second-order valence-corrected chi connectivity index (χ2v) is 17.0. The summed E-state index contributed by atoms with van der Waals surface area (Å²) in [6, 6.07) is 48.9. The first-order valence-electron chi connectivity index (χ1n) is 21.0. The summed E-state index contributed by atoms with van der Waals surface area (Å²) in [5.41, 5.74) is 4.45. The van der Waals surface area contributed by atoms with E-state index in [0.29, 0.717) is 5.56 Å². The van der Waals surface area contributed by atoms with Crippen molar-refractivity contribution in [2.75, 3.05) is 0 Å². The maximum Gasteiger partial charge on any atom is 0.530 e. The Balaban J connectivity index is 1.26. The number of alkyl carbamates (subject to hydrolysis) is 1. The highest BCUT2D eigenvalue weighted by Gasteiger charge is 2.32. The highest BCUT2D eigenvalue weighted by molar-refractivity contribution is 7.48. The fourth-order valence-electron chi connectivity index (χ4n) is 6.41. The second kappa shape index (κ2) is 24.2. The SMILES string of the molecule is CC(C)C[C@H](NC(=O)OCc1ccccc1)C(=O)N[C@@H](Cc1ccc(OP(=O)(OCc2ccccc2)OCc2ccccc2)c(OCc2ccccc2)c1)C(=O)OCc1ccccc1. The lowest BCUT2D eigenvalue weighted by Gasteiger charge is -2.24. The van der Waals surface area contributed by atoms with Crippen LogP contribution in [0.2, 0.25) is 0 Å². The van der Waals surface area contributed by atoms with Crippen molar-refractivity contribution in [2.24, 2.45) is 5.92 Å². The molecule has 6 aromatic rings. The topological polar surface area (TPSA) is 148 Å². The van der Waals surface area contributed by atoms with E-state index in [1.165, 1.54) is 0 Å². The first-order valence-corrected chi connectivity index (χ1v) is 22.5. The molecule has 0 aromatic heterocycles. The fourth-order valence-corrected chi connectivity index (χ4v) is 7.60. The largest absolute Gasteiger partial charge is 0.530 e. The van der Waals surface area contributed by atoms with E-state index in [9.17, 15) is 18.9 Å². The monoisotopic (exact) mass is 884 g/mol. The summed E-state index contributed by atoms with van der Waals surface area (Å²) in [6.45, 7) is 3.81. The lowest BCUT2D eigenvalue weighted by Crippen LogP contribution is -2.53. The van der Waals surface area contributed by atoms with Gasteiger partial charge in [-0.05, 0) is 57.9 Å². The van der Waals surface area contributed by atoms with Crippen molar-refractivity contribution in [3.8, 4) is 11.5 Å². The number of hydrogen-bond donors (Lipinski definition) is 2. The Labute approximate surface area is 374 Å². The van der Waals surface area contributed by atoms with Crippen LogP contribution in [-0.4, -0.2) is 30.1 Å². The predicted octanol–water partition coefficient (Wildman–Crippen LogP) is 10.3. The summed E-state index contributed by atoms with van der Waals surface area (Å²) in [4.78, 5) is 40.9. The van der Waals surface area contributed by atoms with Gasteiger partial charge in [0, 0.05) is 6.42 Å². The Morgan fingerprint density at radius 2 is 0.953 bits per heavy atom. The molecule has 0 bridgehead atoms. The van der Waals surface area contributed by atoms with Crippen LogP contribution in [0.5, 0.6) is 11.5 Å². The molecule has 0 radical (unpaired) electrons. The van der Waals surface area contributed by atoms with Crippen LogP contribution in [0.3, 0.4) is 0 Å². The van der Waals surface area contributed by atoms with Crippen LogP contribution in [-0.2, 0) is 72.1 Å².